The molecule has 40 heavy (non-hydrogen) atoms. The van der Waals surface area contributed by atoms with Gasteiger partial charge in [-0.3, -0.25) is 0 Å². The summed E-state index contributed by atoms with van der Waals surface area (Å²) in [7, 11) is 0. The van der Waals surface area contributed by atoms with Crippen molar-refractivity contribution in [1.82, 2.24) is 0 Å². The molecular formula is C33H63InO6. The molecule has 7 heteroatoms. The molecule has 0 aromatic rings. The van der Waals surface area contributed by atoms with E-state index in [-0.39, 0.29) is 19.3 Å². The minimum atomic E-state index is -4.02. The predicted molar refractivity (Wildman–Crippen MR) is 166 cm³/mol. The monoisotopic (exact) mass is 670 g/mol. The van der Waals surface area contributed by atoms with Crippen LogP contribution in [0.15, 0.2) is 0 Å². The Kier molecular flexibility index (Phi) is 30.7. The molecule has 0 spiro atoms. The van der Waals surface area contributed by atoms with E-state index >= 15 is 0 Å². The van der Waals surface area contributed by atoms with Crippen molar-refractivity contribution < 1.29 is 22.9 Å². The third-order valence-electron chi connectivity index (χ3n) is 7.39. The first-order valence-electron chi connectivity index (χ1n) is 17.1. The second kappa shape index (κ2) is 31.2. The van der Waals surface area contributed by atoms with Gasteiger partial charge >= 0.3 is 258 Å². The Bertz CT molecular complexity index is 517. The molecule has 0 fully saturated rings. The summed E-state index contributed by atoms with van der Waals surface area (Å²) in [6, 6.07) is 0. The molecule has 6 nitrogen and oxygen atoms in total. The van der Waals surface area contributed by atoms with E-state index in [1.54, 1.807) is 0 Å². The Labute approximate surface area is 256 Å². The van der Waals surface area contributed by atoms with Crippen LogP contribution in [0.3, 0.4) is 0 Å². The van der Waals surface area contributed by atoms with Crippen LogP contribution in [0.4, 0.5) is 0 Å². The van der Waals surface area contributed by atoms with E-state index in [0.717, 1.165) is 57.8 Å². The fourth-order valence-corrected chi connectivity index (χ4v) is 8.04. The molecule has 0 aliphatic carbocycles. The van der Waals surface area contributed by atoms with Crippen molar-refractivity contribution in [2.75, 3.05) is 0 Å². The van der Waals surface area contributed by atoms with Crippen LogP contribution in [0, 0.1) is 0 Å². The van der Waals surface area contributed by atoms with Gasteiger partial charge in [-0.25, -0.2) is 0 Å². The van der Waals surface area contributed by atoms with E-state index in [0.29, 0.717) is 0 Å². The topological polar surface area (TPSA) is 78.9 Å². The van der Waals surface area contributed by atoms with E-state index in [4.69, 9.17) is 8.56 Å². The Morgan fingerprint density at radius 3 is 0.775 bits per heavy atom. The van der Waals surface area contributed by atoms with Crippen LogP contribution in [0.1, 0.15) is 194 Å². The van der Waals surface area contributed by atoms with Gasteiger partial charge in [-0.2, -0.15) is 0 Å². The number of unbranched alkanes of at least 4 members (excludes halogenated alkanes) is 21. The summed E-state index contributed by atoms with van der Waals surface area (Å²) in [5, 5.41) is 0. The van der Waals surface area contributed by atoms with Gasteiger partial charge < -0.3 is 0 Å². The fourth-order valence-electron chi connectivity index (χ4n) is 4.78. The Morgan fingerprint density at radius 2 is 0.550 bits per heavy atom. The molecule has 0 aromatic carbocycles. The number of carbonyl (C=O) groups excluding carboxylic acids is 3. The molecule has 0 aromatic heterocycles. The normalized spacial score (nSPS) is 10.9. The van der Waals surface area contributed by atoms with Crippen LogP contribution < -0.4 is 0 Å². The van der Waals surface area contributed by atoms with Gasteiger partial charge in [0.15, 0.2) is 0 Å². The van der Waals surface area contributed by atoms with Crippen molar-refractivity contribution in [1.29, 1.82) is 0 Å². The van der Waals surface area contributed by atoms with Crippen molar-refractivity contribution in [2.45, 2.75) is 194 Å². The van der Waals surface area contributed by atoms with Gasteiger partial charge in [0, 0.05) is 0 Å². The summed E-state index contributed by atoms with van der Waals surface area (Å²) < 4.78 is 16.5. The van der Waals surface area contributed by atoms with Gasteiger partial charge in [-0.1, -0.05) is 0 Å². The molecule has 0 radical (unpaired) electrons. The van der Waals surface area contributed by atoms with Gasteiger partial charge in [-0.05, 0) is 0 Å². The number of hydrogen-bond donors (Lipinski definition) is 0. The molecule has 0 unspecified atom stereocenters. The van der Waals surface area contributed by atoms with Crippen LogP contribution in [0.25, 0.3) is 0 Å². The number of hydrogen-bond acceptors (Lipinski definition) is 6. The zero-order chi connectivity index (χ0) is 29.5. The van der Waals surface area contributed by atoms with Crippen molar-refractivity contribution in [3.05, 3.63) is 0 Å². The molecule has 0 saturated carbocycles. The maximum atomic E-state index is 12.5. The molecule has 0 aliphatic rings. The molecule has 0 atom stereocenters. The summed E-state index contributed by atoms with van der Waals surface area (Å²) >= 11 is -4.02. The third kappa shape index (κ3) is 28.8. The standard InChI is InChI=1S/3C11H22O2.In/c3*1-2-3-4-5-6-7-8-9-10-11(12)13;/h3*2-10H2,1H3,(H,12,13);/q;;;+3/p-3. The summed E-state index contributed by atoms with van der Waals surface area (Å²) in [5.41, 5.74) is 0. The van der Waals surface area contributed by atoms with Gasteiger partial charge in [0.05, 0.1) is 0 Å². The molecular weight excluding hydrogens is 607 g/mol. The minimum absolute atomic E-state index is 0.285. The first kappa shape index (κ1) is 39.3. The molecule has 0 heterocycles. The predicted octanol–water partition coefficient (Wildman–Crippen LogP) is 10.2. The number of carbonyl (C=O) groups is 3. The van der Waals surface area contributed by atoms with E-state index in [9.17, 15) is 14.4 Å². The van der Waals surface area contributed by atoms with Crippen molar-refractivity contribution in [2.24, 2.45) is 0 Å². The van der Waals surface area contributed by atoms with Crippen LogP contribution >= 0.6 is 0 Å². The molecule has 0 aliphatic heterocycles. The molecule has 0 saturated heterocycles. The summed E-state index contributed by atoms with van der Waals surface area (Å²) in [6.07, 6.45) is 28.2. The van der Waals surface area contributed by atoms with Crippen LogP contribution in [0.2, 0.25) is 0 Å². The van der Waals surface area contributed by atoms with Gasteiger partial charge in [0.1, 0.15) is 0 Å². The van der Waals surface area contributed by atoms with E-state index in [2.05, 4.69) is 20.8 Å². The average molecular weight is 671 g/mol. The fraction of sp³-hybridized carbons (Fsp3) is 0.909. The Morgan fingerprint density at radius 1 is 0.350 bits per heavy atom. The van der Waals surface area contributed by atoms with E-state index in [1.165, 1.54) is 96.3 Å². The Balaban J connectivity index is 4.39. The van der Waals surface area contributed by atoms with E-state index in [1.807, 2.05) is 0 Å². The quantitative estimate of drug-likeness (QED) is 0.0708. The van der Waals surface area contributed by atoms with Gasteiger partial charge in [0.2, 0.25) is 0 Å². The third-order valence-corrected chi connectivity index (χ3v) is 11.3. The van der Waals surface area contributed by atoms with Crippen LogP contribution in [-0.4, -0.2) is 40.7 Å². The zero-order valence-electron chi connectivity index (χ0n) is 26.6. The first-order chi connectivity index (χ1) is 19.5. The second-order valence-corrected chi connectivity index (χ2v) is 15.1. The maximum absolute atomic E-state index is 12.5. The zero-order valence-corrected chi connectivity index (χ0v) is 29.9. The van der Waals surface area contributed by atoms with Gasteiger partial charge in [0.25, 0.3) is 0 Å². The summed E-state index contributed by atoms with van der Waals surface area (Å²) in [5.74, 6) is -1.19. The van der Waals surface area contributed by atoms with Crippen molar-refractivity contribution in [3.63, 3.8) is 0 Å². The molecule has 234 valence electrons. The van der Waals surface area contributed by atoms with Crippen molar-refractivity contribution >= 4 is 40.7 Å². The Hall–Kier alpha value is -0.720. The SMILES string of the molecule is CCCCCCCCCCC(=O)[O][In]([O]C(=O)CCCCCCCCCC)[O]C(=O)CCCCCCCCCC. The second-order valence-electron chi connectivity index (χ2n) is 11.4. The van der Waals surface area contributed by atoms with Gasteiger partial charge in [-0.15, -0.1) is 0 Å². The van der Waals surface area contributed by atoms with Crippen LogP contribution in [0.5, 0.6) is 0 Å². The van der Waals surface area contributed by atoms with Crippen molar-refractivity contribution in [3.8, 4) is 0 Å². The molecule has 0 bridgehead atoms. The first-order valence-corrected chi connectivity index (χ1v) is 21.2. The number of rotatable bonds is 30. The summed E-state index contributed by atoms with van der Waals surface area (Å²) in [4.78, 5) is 37.4. The molecule has 0 rings (SSSR count). The van der Waals surface area contributed by atoms with E-state index < -0.39 is 40.7 Å². The molecule has 0 amide bonds. The average Bonchev–Trinajstić information content (AvgIpc) is 2.93. The molecule has 0 N–H and O–H groups in total. The summed E-state index contributed by atoms with van der Waals surface area (Å²) in [6.45, 7) is 6.64. The van der Waals surface area contributed by atoms with Crippen LogP contribution in [-0.2, 0) is 22.9 Å².